The van der Waals surface area contributed by atoms with Crippen LogP contribution in [-0.2, 0) is 5.41 Å². The molecule has 2 aromatic carbocycles. The van der Waals surface area contributed by atoms with Crippen molar-refractivity contribution in [2.75, 3.05) is 26.2 Å². The second-order valence-electron chi connectivity index (χ2n) is 7.61. The van der Waals surface area contributed by atoms with Crippen LogP contribution >= 0.6 is 11.6 Å². The van der Waals surface area contributed by atoms with Crippen LogP contribution in [0.3, 0.4) is 0 Å². The van der Waals surface area contributed by atoms with E-state index >= 15 is 0 Å². The summed E-state index contributed by atoms with van der Waals surface area (Å²) in [5.41, 5.74) is 1.06. The first-order valence-corrected chi connectivity index (χ1v) is 9.41. The largest absolute Gasteiger partial charge is 0.490 e. The van der Waals surface area contributed by atoms with E-state index in [1.54, 1.807) is 6.07 Å². The number of fused-ring (bicyclic) bond motifs is 2. The van der Waals surface area contributed by atoms with Crippen LogP contribution < -0.4 is 19.1 Å². The Morgan fingerprint density at radius 2 is 1.93 bits per heavy atom. The Morgan fingerprint density at radius 3 is 2.55 bits per heavy atom. The van der Waals surface area contributed by atoms with Gasteiger partial charge >= 0.3 is 5.69 Å². The van der Waals surface area contributed by atoms with Crippen LogP contribution in [0.5, 0.6) is 17.2 Å². The minimum Gasteiger partial charge on any atom is -0.490 e. The number of likely N-dealkylation sites (N-methyl/N-ethyl adjacent to an activating group) is 1. The Bertz CT molecular complexity index is 1070. The zero-order valence-corrected chi connectivity index (χ0v) is 17.5. The molecule has 2 aliphatic heterocycles. The van der Waals surface area contributed by atoms with E-state index in [1.807, 2.05) is 42.3 Å². The summed E-state index contributed by atoms with van der Waals surface area (Å²) in [6.07, 6.45) is 3.73. The number of halogens is 1. The molecule has 2 aromatic rings. The number of anilines is 1. The normalized spacial score (nSPS) is 20.8. The van der Waals surface area contributed by atoms with Gasteiger partial charge in [-0.15, -0.1) is 0 Å². The van der Waals surface area contributed by atoms with Crippen molar-refractivity contribution in [3.8, 4) is 17.2 Å². The molecule has 4 rings (SSSR count). The molecular formula is C21H21ClN2O5. The number of nitro groups is 1. The fourth-order valence-corrected chi connectivity index (χ4v) is 4.58. The fraction of sp³-hybridized carbons (Fsp3) is 0.333. The molecule has 0 N–H and O–H groups in total. The average molecular weight is 417 g/mol. The fourth-order valence-electron chi connectivity index (χ4n) is 4.41. The second-order valence-corrected chi connectivity index (χ2v) is 8.04. The molecule has 29 heavy (non-hydrogen) atoms. The highest BCUT2D eigenvalue weighted by Gasteiger charge is 2.58. The molecule has 0 saturated carbocycles. The summed E-state index contributed by atoms with van der Waals surface area (Å²) in [4.78, 5) is 13.1. The molecule has 1 atom stereocenters. The predicted octanol–water partition coefficient (Wildman–Crippen LogP) is 4.79. The smallest absolute Gasteiger partial charge is 0.353 e. The Balaban J connectivity index is 1.92. The van der Waals surface area contributed by atoms with Gasteiger partial charge in [-0.3, -0.25) is 10.1 Å². The molecule has 1 unspecified atom stereocenters. The number of hydrogen-bond acceptors (Lipinski definition) is 6. The van der Waals surface area contributed by atoms with Gasteiger partial charge in [0, 0.05) is 23.8 Å². The average Bonchev–Trinajstić information content (AvgIpc) is 2.84. The van der Waals surface area contributed by atoms with Gasteiger partial charge in [-0.05, 0) is 43.7 Å². The monoisotopic (exact) mass is 416 g/mol. The maximum atomic E-state index is 11.6. The molecule has 152 valence electrons. The summed E-state index contributed by atoms with van der Waals surface area (Å²) in [6.45, 7) is 4.19. The molecular weight excluding hydrogens is 396 g/mol. The number of benzene rings is 2. The molecule has 7 nitrogen and oxygen atoms in total. The van der Waals surface area contributed by atoms with E-state index in [2.05, 4.69) is 13.8 Å². The molecule has 1 spiro atoms. The van der Waals surface area contributed by atoms with Crippen LogP contribution in [0.15, 0.2) is 30.3 Å². The first kappa shape index (κ1) is 19.4. The Labute approximate surface area is 173 Å². The Kier molecular flexibility index (Phi) is 4.20. The third-order valence-corrected chi connectivity index (χ3v) is 6.19. The molecule has 0 aliphatic carbocycles. The summed E-state index contributed by atoms with van der Waals surface area (Å²) in [7, 11) is 4.72. The summed E-state index contributed by atoms with van der Waals surface area (Å²) >= 11 is 6.23. The van der Waals surface area contributed by atoms with Crippen LogP contribution in [0.2, 0.25) is 5.02 Å². The number of methoxy groups -OCH3 is 2. The van der Waals surface area contributed by atoms with Gasteiger partial charge < -0.3 is 19.1 Å². The maximum absolute atomic E-state index is 11.6. The lowest BCUT2D eigenvalue weighted by Gasteiger charge is -2.45. The predicted molar refractivity (Wildman–Crippen MR) is 111 cm³/mol. The van der Waals surface area contributed by atoms with Crippen LogP contribution in [-0.4, -0.2) is 31.9 Å². The summed E-state index contributed by atoms with van der Waals surface area (Å²) in [5, 5.41) is 12.2. The van der Waals surface area contributed by atoms with Crippen molar-refractivity contribution in [2.24, 2.45) is 0 Å². The molecule has 8 heteroatoms. The maximum Gasteiger partial charge on any atom is 0.353 e. The minimum atomic E-state index is -0.848. The zero-order chi connectivity index (χ0) is 21.1. The van der Waals surface area contributed by atoms with Gasteiger partial charge in [-0.2, -0.15) is 0 Å². The molecule has 2 aliphatic rings. The first-order valence-electron chi connectivity index (χ1n) is 9.03. The highest BCUT2D eigenvalue weighted by atomic mass is 35.5. The first-order chi connectivity index (χ1) is 13.7. The molecule has 0 amide bonds. The highest BCUT2D eigenvalue weighted by molar-refractivity contribution is 6.31. The number of nitrogens with zero attached hydrogens (tertiary/aromatic N) is 2. The van der Waals surface area contributed by atoms with Gasteiger partial charge in [-0.25, -0.2) is 0 Å². The van der Waals surface area contributed by atoms with E-state index in [9.17, 15) is 10.1 Å². The van der Waals surface area contributed by atoms with Crippen molar-refractivity contribution >= 4 is 29.1 Å². The van der Waals surface area contributed by atoms with Gasteiger partial charge in [0.25, 0.3) is 0 Å². The third kappa shape index (κ3) is 2.43. The van der Waals surface area contributed by atoms with Crippen molar-refractivity contribution in [1.29, 1.82) is 0 Å². The molecule has 0 radical (unpaired) electrons. The second kappa shape index (κ2) is 6.29. The summed E-state index contributed by atoms with van der Waals surface area (Å²) < 4.78 is 17.2. The Morgan fingerprint density at radius 1 is 1.21 bits per heavy atom. The van der Waals surface area contributed by atoms with Gasteiger partial charge in [0.05, 0.1) is 30.1 Å². The molecule has 0 aromatic heterocycles. The third-order valence-electron chi connectivity index (χ3n) is 5.96. The SMILES string of the molecule is COc1cc2c(c(OC)c1[N+](=O)[O-])C=CC1(O2)N(C)c2cc(Cl)ccc2C1(C)C. The standard InChI is InChI=1S/C21H21ClN2O5/c1-20(2)14-7-6-12(22)10-15(14)23(3)21(20)9-8-13-16(29-21)11-17(27-4)18(24(25)26)19(13)28-5/h6-11H,1-5H3. The van der Waals surface area contributed by atoms with E-state index in [0.717, 1.165) is 11.3 Å². The van der Waals surface area contributed by atoms with Gasteiger partial charge in [0.1, 0.15) is 5.75 Å². The molecule has 0 saturated heterocycles. The number of nitro benzene ring substituents is 1. The number of ether oxygens (including phenoxy) is 3. The van der Waals surface area contributed by atoms with Crippen molar-refractivity contribution in [2.45, 2.75) is 25.0 Å². The van der Waals surface area contributed by atoms with E-state index in [0.29, 0.717) is 16.3 Å². The van der Waals surface area contributed by atoms with Crippen molar-refractivity contribution in [1.82, 2.24) is 0 Å². The van der Waals surface area contributed by atoms with Crippen molar-refractivity contribution in [3.63, 3.8) is 0 Å². The summed E-state index contributed by atoms with van der Waals surface area (Å²) in [6, 6.07) is 7.33. The quantitative estimate of drug-likeness (QED) is 0.528. The van der Waals surface area contributed by atoms with Crippen LogP contribution in [0.1, 0.15) is 25.0 Å². The lowest BCUT2D eigenvalue weighted by Crippen LogP contribution is -2.58. The lowest BCUT2D eigenvalue weighted by molar-refractivity contribution is -0.386. The summed E-state index contributed by atoms with van der Waals surface area (Å²) in [5.74, 6) is 0.634. The lowest BCUT2D eigenvalue weighted by atomic mass is 9.76. The topological polar surface area (TPSA) is 74.1 Å². The Hall–Kier alpha value is -2.93. The van der Waals surface area contributed by atoms with E-state index in [-0.39, 0.29) is 17.2 Å². The van der Waals surface area contributed by atoms with Crippen LogP contribution in [0.4, 0.5) is 11.4 Å². The van der Waals surface area contributed by atoms with E-state index in [1.165, 1.54) is 14.2 Å². The number of rotatable bonds is 3. The van der Waals surface area contributed by atoms with Crippen LogP contribution in [0, 0.1) is 10.1 Å². The van der Waals surface area contributed by atoms with Crippen molar-refractivity contribution < 1.29 is 19.1 Å². The number of hydrogen-bond donors (Lipinski definition) is 0. The van der Waals surface area contributed by atoms with Gasteiger partial charge in [0.2, 0.25) is 17.2 Å². The highest BCUT2D eigenvalue weighted by Crippen LogP contribution is 2.57. The zero-order valence-electron chi connectivity index (χ0n) is 16.8. The van der Waals surface area contributed by atoms with Crippen molar-refractivity contribution in [3.05, 3.63) is 56.6 Å². The molecule has 0 fully saturated rings. The van der Waals surface area contributed by atoms with Gasteiger partial charge in [0.15, 0.2) is 0 Å². The van der Waals surface area contributed by atoms with Crippen LogP contribution in [0.25, 0.3) is 6.08 Å². The molecule has 0 bridgehead atoms. The van der Waals surface area contributed by atoms with E-state index < -0.39 is 16.1 Å². The van der Waals surface area contributed by atoms with Gasteiger partial charge in [-0.1, -0.05) is 17.7 Å². The molecule has 2 heterocycles. The van der Waals surface area contributed by atoms with E-state index in [4.69, 9.17) is 25.8 Å². The minimum absolute atomic E-state index is 0.0788.